The van der Waals surface area contributed by atoms with Gasteiger partial charge in [0, 0.05) is 25.9 Å². The Morgan fingerprint density at radius 1 is 1.11 bits per heavy atom. The minimum atomic E-state index is 1.21. The van der Waals surface area contributed by atoms with Gasteiger partial charge in [0.05, 0.1) is 0 Å². The molecule has 1 aromatic carbocycles. The summed E-state index contributed by atoms with van der Waals surface area (Å²) >= 11 is 0. The van der Waals surface area contributed by atoms with E-state index in [1.165, 1.54) is 17.7 Å². The summed E-state index contributed by atoms with van der Waals surface area (Å²) in [5, 5.41) is 0. The molecule has 0 saturated carbocycles. The molecule has 100 valence electrons. The molecule has 2 heteroatoms. The molecule has 0 bridgehead atoms. The average molecular weight is 247 g/mol. The Balaban J connectivity index is 0.000000873. The summed E-state index contributed by atoms with van der Waals surface area (Å²) in [5.41, 5.74) is 2.45. The van der Waals surface area contributed by atoms with Crippen LogP contribution in [-0.4, -0.2) is 43.9 Å². The van der Waals surface area contributed by atoms with Crippen molar-refractivity contribution in [2.45, 2.75) is 20.3 Å². The normalized spacial score (nSPS) is 10.2. The largest absolute Gasteiger partial charge is 0.377 e. The zero-order valence-corrected chi connectivity index (χ0v) is 12.6. The van der Waals surface area contributed by atoms with Crippen LogP contribution in [0.25, 0.3) is 5.70 Å². The first-order valence-electron chi connectivity index (χ1n) is 6.47. The number of benzene rings is 1. The molecule has 0 atom stereocenters. The molecule has 1 rings (SSSR count). The highest BCUT2D eigenvalue weighted by Crippen LogP contribution is 2.14. The van der Waals surface area contributed by atoms with Crippen LogP contribution < -0.4 is 0 Å². The Labute approximate surface area is 112 Å². The molecule has 0 N–H and O–H groups in total. The van der Waals surface area contributed by atoms with Crippen LogP contribution >= 0.6 is 0 Å². The van der Waals surface area contributed by atoms with Crippen LogP contribution in [0.4, 0.5) is 0 Å². The van der Waals surface area contributed by atoms with E-state index >= 15 is 0 Å². The van der Waals surface area contributed by atoms with Gasteiger partial charge in [-0.05, 0) is 5.56 Å². The molecule has 0 fully saturated rings. The van der Waals surface area contributed by atoms with Gasteiger partial charge in [-0.1, -0.05) is 50.6 Å². The van der Waals surface area contributed by atoms with Gasteiger partial charge in [-0.2, -0.15) is 0 Å². The Hall–Kier alpha value is -1.57. The van der Waals surface area contributed by atoms with Gasteiger partial charge in [0.2, 0.25) is 0 Å². The maximum atomic E-state index is 2.12. The van der Waals surface area contributed by atoms with Crippen LogP contribution in [-0.2, 0) is 0 Å². The second-order valence-electron chi connectivity index (χ2n) is 4.63. The number of hydrogen-bond donors (Lipinski definition) is 0. The summed E-state index contributed by atoms with van der Waals surface area (Å²) in [6.45, 7) is 4.25. The molecule has 0 aliphatic rings. The van der Waals surface area contributed by atoms with Gasteiger partial charge in [0.25, 0.3) is 0 Å². The number of nitrogens with zero attached hydrogens (tertiary/aromatic N) is 2. The molecular formula is C16H27N2+. The third-order valence-electron chi connectivity index (χ3n) is 2.08. The van der Waals surface area contributed by atoms with Crippen molar-refractivity contribution in [3.05, 3.63) is 42.0 Å². The van der Waals surface area contributed by atoms with E-state index in [0.717, 1.165) is 0 Å². The second kappa shape index (κ2) is 9.46. The minimum absolute atomic E-state index is 1.21. The highest BCUT2D eigenvalue weighted by molar-refractivity contribution is 5.81. The molecule has 18 heavy (non-hydrogen) atoms. The zero-order chi connectivity index (χ0) is 14.0. The number of rotatable bonds is 3. The Bertz CT molecular complexity index is 371. The maximum Gasteiger partial charge on any atom is 0.164 e. The lowest BCUT2D eigenvalue weighted by Gasteiger charge is -2.16. The van der Waals surface area contributed by atoms with Gasteiger partial charge in [-0.15, -0.1) is 0 Å². The zero-order valence-electron chi connectivity index (χ0n) is 12.6. The van der Waals surface area contributed by atoms with Crippen LogP contribution in [0.1, 0.15) is 25.8 Å². The van der Waals surface area contributed by atoms with Crippen molar-refractivity contribution < 1.29 is 4.58 Å². The van der Waals surface area contributed by atoms with Crippen molar-refractivity contribution in [2.24, 2.45) is 0 Å². The fourth-order valence-corrected chi connectivity index (χ4v) is 1.33. The summed E-state index contributed by atoms with van der Waals surface area (Å²) in [6.07, 6.45) is 5.43. The van der Waals surface area contributed by atoms with Crippen molar-refractivity contribution >= 4 is 11.9 Å². The minimum Gasteiger partial charge on any atom is -0.377 e. The first-order valence-corrected chi connectivity index (χ1v) is 6.47. The molecule has 0 amide bonds. The molecule has 0 aromatic heterocycles. The summed E-state index contributed by atoms with van der Waals surface area (Å²) < 4.78 is 2.03. The molecule has 0 spiro atoms. The maximum absolute atomic E-state index is 2.12. The van der Waals surface area contributed by atoms with Crippen molar-refractivity contribution in [1.29, 1.82) is 0 Å². The van der Waals surface area contributed by atoms with Gasteiger partial charge in [0.1, 0.15) is 14.1 Å². The first-order chi connectivity index (χ1) is 8.52. The molecule has 0 radical (unpaired) electrons. The van der Waals surface area contributed by atoms with Crippen LogP contribution in [0.15, 0.2) is 36.4 Å². The van der Waals surface area contributed by atoms with Crippen LogP contribution in [0.5, 0.6) is 0 Å². The van der Waals surface area contributed by atoms with Crippen molar-refractivity contribution in [3.8, 4) is 0 Å². The highest BCUT2D eigenvalue weighted by Gasteiger charge is 2.02. The predicted molar refractivity (Wildman–Crippen MR) is 82.2 cm³/mol. The molecule has 1 aromatic rings. The van der Waals surface area contributed by atoms with Gasteiger partial charge < -0.3 is 4.90 Å². The van der Waals surface area contributed by atoms with Crippen molar-refractivity contribution in [2.75, 3.05) is 28.2 Å². The fraction of sp³-hybridized carbons (Fsp3) is 0.438. The van der Waals surface area contributed by atoms with E-state index in [9.17, 15) is 0 Å². The van der Waals surface area contributed by atoms with E-state index in [-0.39, 0.29) is 0 Å². The highest BCUT2D eigenvalue weighted by atomic mass is 15.1. The lowest BCUT2D eigenvalue weighted by Crippen LogP contribution is -2.11. The average Bonchev–Trinajstić information content (AvgIpc) is 2.31. The quantitative estimate of drug-likeness (QED) is 0.586. The number of allylic oxidation sites excluding steroid dienone is 1. The van der Waals surface area contributed by atoms with Crippen molar-refractivity contribution in [3.63, 3.8) is 0 Å². The van der Waals surface area contributed by atoms with Gasteiger partial charge in [-0.3, -0.25) is 0 Å². The van der Waals surface area contributed by atoms with E-state index in [1.54, 1.807) is 0 Å². The molecule has 0 heterocycles. The summed E-state index contributed by atoms with van der Waals surface area (Å²) in [6, 6.07) is 10.4. The van der Waals surface area contributed by atoms with Gasteiger partial charge >= 0.3 is 0 Å². The van der Waals surface area contributed by atoms with Crippen LogP contribution in [0, 0.1) is 0 Å². The lowest BCUT2D eigenvalue weighted by molar-refractivity contribution is -0.458. The van der Waals surface area contributed by atoms with Gasteiger partial charge in [0.15, 0.2) is 6.21 Å². The van der Waals surface area contributed by atoms with Gasteiger partial charge in [-0.25, -0.2) is 4.58 Å². The molecule has 0 aliphatic heterocycles. The van der Waals surface area contributed by atoms with Crippen molar-refractivity contribution in [1.82, 2.24) is 4.90 Å². The van der Waals surface area contributed by atoms with E-state index in [1.807, 2.05) is 24.7 Å². The summed E-state index contributed by atoms with van der Waals surface area (Å²) in [5.74, 6) is 0. The predicted octanol–water partition coefficient (Wildman–Crippen LogP) is 3.35. The lowest BCUT2D eigenvalue weighted by atomic mass is 10.1. The Kier molecular flexibility index (Phi) is 8.63. The van der Waals surface area contributed by atoms with Crippen LogP contribution in [0.2, 0.25) is 0 Å². The standard InChI is InChI=1S/C13H19N2.C3H8/c1-14(2)11-10-13(15(3)4)12-8-6-5-7-9-12;1-3-2/h5-11H,1-4H3;3H2,1-2H3/q+1;. The molecule has 0 unspecified atom stereocenters. The third-order valence-corrected chi connectivity index (χ3v) is 2.08. The smallest absolute Gasteiger partial charge is 0.164 e. The topological polar surface area (TPSA) is 6.25 Å². The Morgan fingerprint density at radius 3 is 2.00 bits per heavy atom. The molecule has 0 saturated heterocycles. The molecule has 2 nitrogen and oxygen atoms in total. The van der Waals surface area contributed by atoms with E-state index in [0.29, 0.717) is 0 Å². The van der Waals surface area contributed by atoms with E-state index in [4.69, 9.17) is 0 Å². The number of hydrogen-bond acceptors (Lipinski definition) is 1. The molecular weight excluding hydrogens is 220 g/mol. The fourth-order valence-electron chi connectivity index (χ4n) is 1.33. The monoisotopic (exact) mass is 247 g/mol. The van der Waals surface area contributed by atoms with E-state index in [2.05, 4.69) is 69.4 Å². The SMILES string of the molecule is CCC.CN(C)/C(=C/C=[N+](C)C)c1ccccc1. The molecule has 0 aliphatic carbocycles. The summed E-state index contributed by atoms with van der Waals surface area (Å²) in [4.78, 5) is 2.12. The van der Waals surface area contributed by atoms with Crippen LogP contribution in [0.3, 0.4) is 0 Å². The Morgan fingerprint density at radius 2 is 1.61 bits per heavy atom. The van der Waals surface area contributed by atoms with E-state index < -0.39 is 0 Å². The second-order valence-corrected chi connectivity index (χ2v) is 4.63. The summed E-state index contributed by atoms with van der Waals surface area (Å²) in [7, 11) is 8.16. The third kappa shape index (κ3) is 6.89. The first kappa shape index (κ1) is 16.4.